The van der Waals surface area contributed by atoms with Gasteiger partial charge in [-0.05, 0) is 51.4 Å². The summed E-state index contributed by atoms with van der Waals surface area (Å²) in [6.45, 7) is 6.40. The third-order valence-corrected chi connectivity index (χ3v) is 5.00. The van der Waals surface area contributed by atoms with Gasteiger partial charge < -0.3 is 10.2 Å². The first-order chi connectivity index (χ1) is 10.3. The third kappa shape index (κ3) is 3.38. The van der Waals surface area contributed by atoms with Crippen molar-refractivity contribution >= 4 is 5.82 Å². The SMILES string of the molecule is CCCNCc1cccc(N2CCC3CCC(C2)N3C)n1. The van der Waals surface area contributed by atoms with E-state index < -0.39 is 0 Å². The number of rotatable bonds is 5. The third-order valence-electron chi connectivity index (χ3n) is 5.00. The highest BCUT2D eigenvalue weighted by molar-refractivity contribution is 5.40. The van der Waals surface area contributed by atoms with Crippen molar-refractivity contribution in [1.82, 2.24) is 15.2 Å². The average molecular weight is 288 g/mol. The summed E-state index contributed by atoms with van der Waals surface area (Å²) in [5, 5.41) is 3.44. The fourth-order valence-corrected chi connectivity index (χ4v) is 3.65. The lowest BCUT2D eigenvalue weighted by atomic mass is 10.1. The van der Waals surface area contributed by atoms with Crippen LogP contribution in [0.2, 0.25) is 0 Å². The Morgan fingerprint density at radius 3 is 2.95 bits per heavy atom. The van der Waals surface area contributed by atoms with Crippen LogP contribution in [0.5, 0.6) is 0 Å². The first-order valence-electron chi connectivity index (χ1n) is 8.41. The Balaban J connectivity index is 1.67. The summed E-state index contributed by atoms with van der Waals surface area (Å²) >= 11 is 0. The quantitative estimate of drug-likeness (QED) is 0.842. The Labute approximate surface area is 128 Å². The summed E-state index contributed by atoms with van der Waals surface area (Å²) in [5.41, 5.74) is 1.16. The molecule has 2 bridgehead atoms. The molecule has 2 unspecified atom stereocenters. The summed E-state index contributed by atoms with van der Waals surface area (Å²) in [6, 6.07) is 7.94. The van der Waals surface area contributed by atoms with E-state index in [0.717, 1.165) is 43.7 Å². The van der Waals surface area contributed by atoms with Crippen LogP contribution in [0.4, 0.5) is 5.82 Å². The minimum atomic E-state index is 0.709. The molecule has 1 N–H and O–H groups in total. The highest BCUT2D eigenvalue weighted by atomic mass is 15.3. The smallest absolute Gasteiger partial charge is 0.128 e. The molecule has 1 aromatic heterocycles. The molecule has 116 valence electrons. The molecule has 2 saturated heterocycles. The van der Waals surface area contributed by atoms with E-state index in [1.54, 1.807) is 0 Å². The second-order valence-corrected chi connectivity index (χ2v) is 6.45. The standard InChI is InChI=1S/C17H28N4/c1-3-10-18-12-14-5-4-6-17(19-14)21-11-9-15-7-8-16(13-21)20(15)2/h4-6,15-16,18H,3,7-13H2,1-2H3. The van der Waals surface area contributed by atoms with Crippen LogP contribution in [0.25, 0.3) is 0 Å². The molecule has 2 aliphatic rings. The lowest BCUT2D eigenvalue weighted by Crippen LogP contribution is -2.37. The van der Waals surface area contributed by atoms with E-state index in [1.165, 1.54) is 25.7 Å². The van der Waals surface area contributed by atoms with Crippen molar-refractivity contribution in [3.63, 3.8) is 0 Å². The van der Waals surface area contributed by atoms with E-state index in [1.807, 2.05) is 0 Å². The number of likely N-dealkylation sites (N-methyl/N-ethyl adjacent to an activating group) is 1. The zero-order valence-electron chi connectivity index (χ0n) is 13.4. The van der Waals surface area contributed by atoms with Crippen LogP contribution in [0, 0.1) is 0 Å². The van der Waals surface area contributed by atoms with Crippen molar-refractivity contribution in [2.45, 2.75) is 51.2 Å². The number of nitrogens with one attached hydrogen (secondary N) is 1. The van der Waals surface area contributed by atoms with Crippen LogP contribution in [-0.4, -0.2) is 48.6 Å². The van der Waals surface area contributed by atoms with Gasteiger partial charge in [0.05, 0.1) is 5.69 Å². The molecule has 3 heterocycles. The van der Waals surface area contributed by atoms with Gasteiger partial charge in [0.2, 0.25) is 0 Å². The normalized spacial score (nSPS) is 26.1. The molecule has 1 aromatic rings. The van der Waals surface area contributed by atoms with Gasteiger partial charge in [-0.2, -0.15) is 0 Å². The summed E-state index contributed by atoms with van der Waals surface area (Å²) in [4.78, 5) is 9.94. The Kier molecular flexibility index (Phi) is 4.76. The second-order valence-electron chi connectivity index (χ2n) is 6.45. The fourth-order valence-electron chi connectivity index (χ4n) is 3.65. The predicted molar refractivity (Wildman–Crippen MR) is 87.6 cm³/mol. The van der Waals surface area contributed by atoms with E-state index in [0.29, 0.717) is 6.04 Å². The topological polar surface area (TPSA) is 31.4 Å². The molecule has 2 fully saturated rings. The molecule has 2 aliphatic heterocycles. The Morgan fingerprint density at radius 2 is 2.10 bits per heavy atom. The first kappa shape index (κ1) is 14.8. The van der Waals surface area contributed by atoms with Gasteiger partial charge in [-0.15, -0.1) is 0 Å². The summed E-state index contributed by atoms with van der Waals surface area (Å²) in [5.74, 6) is 1.16. The molecule has 3 rings (SSSR count). The number of pyridine rings is 1. The highest BCUT2D eigenvalue weighted by Gasteiger charge is 2.34. The molecule has 2 atom stereocenters. The number of hydrogen-bond donors (Lipinski definition) is 1. The molecule has 4 heteroatoms. The minimum absolute atomic E-state index is 0.709. The average Bonchev–Trinajstić information content (AvgIpc) is 2.73. The van der Waals surface area contributed by atoms with Crippen molar-refractivity contribution in [3.8, 4) is 0 Å². The molecule has 0 aromatic carbocycles. The van der Waals surface area contributed by atoms with Gasteiger partial charge in [0.1, 0.15) is 5.82 Å². The number of fused-ring (bicyclic) bond motifs is 2. The van der Waals surface area contributed by atoms with Crippen molar-refractivity contribution in [3.05, 3.63) is 23.9 Å². The highest BCUT2D eigenvalue weighted by Crippen LogP contribution is 2.30. The number of anilines is 1. The molecule has 0 amide bonds. The monoisotopic (exact) mass is 288 g/mol. The molecule has 21 heavy (non-hydrogen) atoms. The Hall–Kier alpha value is -1.13. The van der Waals surface area contributed by atoms with E-state index in [9.17, 15) is 0 Å². The maximum atomic E-state index is 4.86. The zero-order chi connectivity index (χ0) is 14.7. The predicted octanol–water partition coefficient (Wildman–Crippen LogP) is 2.25. The van der Waals surface area contributed by atoms with Crippen LogP contribution in [0.15, 0.2) is 18.2 Å². The Bertz CT molecular complexity index is 462. The van der Waals surface area contributed by atoms with Crippen molar-refractivity contribution in [2.24, 2.45) is 0 Å². The van der Waals surface area contributed by atoms with E-state index in [4.69, 9.17) is 4.98 Å². The minimum Gasteiger partial charge on any atom is -0.355 e. The summed E-state index contributed by atoms with van der Waals surface area (Å²) in [6.07, 6.45) is 5.16. The zero-order valence-corrected chi connectivity index (χ0v) is 13.4. The molecule has 0 spiro atoms. The van der Waals surface area contributed by atoms with Crippen molar-refractivity contribution in [2.75, 3.05) is 31.6 Å². The maximum Gasteiger partial charge on any atom is 0.128 e. The maximum absolute atomic E-state index is 4.86. The van der Waals surface area contributed by atoms with Crippen molar-refractivity contribution in [1.29, 1.82) is 0 Å². The van der Waals surface area contributed by atoms with Crippen LogP contribution < -0.4 is 10.2 Å². The molecule has 0 saturated carbocycles. The van der Waals surface area contributed by atoms with Gasteiger partial charge in [-0.1, -0.05) is 13.0 Å². The van der Waals surface area contributed by atoms with Crippen molar-refractivity contribution < 1.29 is 0 Å². The van der Waals surface area contributed by atoms with Crippen LogP contribution in [0.3, 0.4) is 0 Å². The van der Waals surface area contributed by atoms with Gasteiger partial charge in [-0.25, -0.2) is 4.98 Å². The lowest BCUT2D eigenvalue weighted by molar-refractivity contribution is 0.254. The van der Waals surface area contributed by atoms with Gasteiger partial charge in [0.15, 0.2) is 0 Å². The number of nitrogens with zero attached hydrogens (tertiary/aromatic N) is 3. The van der Waals surface area contributed by atoms with Crippen LogP contribution in [0.1, 0.15) is 38.3 Å². The largest absolute Gasteiger partial charge is 0.355 e. The van der Waals surface area contributed by atoms with Gasteiger partial charge in [-0.3, -0.25) is 4.90 Å². The molecule has 4 nitrogen and oxygen atoms in total. The Morgan fingerprint density at radius 1 is 1.24 bits per heavy atom. The van der Waals surface area contributed by atoms with Gasteiger partial charge >= 0.3 is 0 Å². The molecule has 0 aliphatic carbocycles. The molecule has 0 radical (unpaired) electrons. The van der Waals surface area contributed by atoms with E-state index >= 15 is 0 Å². The van der Waals surface area contributed by atoms with Crippen LogP contribution >= 0.6 is 0 Å². The lowest BCUT2D eigenvalue weighted by Gasteiger charge is -2.27. The van der Waals surface area contributed by atoms with Gasteiger partial charge in [0.25, 0.3) is 0 Å². The number of aromatic nitrogens is 1. The van der Waals surface area contributed by atoms with Crippen LogP contribution in [-0.2, 0) is 6.54 Å². The summed E-state index contributed by atoms with van der Waals surface area (Å²) < 4.78 is 0. The van der Waals surface area contributed by atoms with Gasteiger partial charge in [0, 0.05) is 31.7 Å². The van der Waals surface area contributed by atoms with E-state index in [-0.39, 0.29) is 0 Å². The second kappa shape index (κ2) is 6.75. The van der Waals surface area contributed by atoms with E-state index in [2.05, 4.69) is 47.3 Å². The molecular weight excluding hydrogens is 260 g/mol. The molecular formula is C17H28N4. The first-order valence-corrected chi connectivity index (χ1v) is 8.41. The summed E-state index contributed by atoms with van der Waals surface area (Å²) in [7, 11) is 2.30. The fraction of sp³-hybridized carbons (Fsp3) is 0.706. The number of hydrogen-bond acceptors (Lipinski definition) is 4.